The van der Waals surface area contributed by atoms with E-state index < -0.39 is 0 Å². The Bertz CT molecular complexity index is 105. The molecular formula is C9H20S. The molecule has 0 spiro atoms. The van der Waals surface area contributed by atoms with Gasteiger partial charge in [0.15, 0.2) is 0 Å². The summed E-state index contributed by atoms with van der Waals surface area (Å²) < 4.78 is 0. The molecule has 0 saturated carbocycles. The Morgan fingerprint density at radius 2 is 1.90 bits per heavy atom. The van der Waals surface area contributed by atoms with Crippen LogP contribution >= 0.6 is 10.0 Å². The van der Waals surface area contributed by atoms with Crippen LogP contribution in [0.15, 0.2) is 0 Å². The molecule has 0 nitrogen and oxygen atoms in total. The minimum absolute atomic E-state index is 0.116. The minimum atomic E-state index is -0.116. The molecule has 0 radical (unpaired) electrons. The summed E-state index contributed by atoms with van der Waals surface area (Å²) in [6.07, 6.45) is 3.02. The Hall–Kier alpha value is 0.350. The van der Waals surface area contributed by atoms with Crippen molar-refractivity contribution >= 4 is 10.0 Å². The van der Waals surface area contributed by atoms with Gasteiger partial charge in [0.1, 0.15) is 0 Å². The number of rotatable bonds is 2. The normalized spacial score (nSPS) is 34.1. The van der Waals surface area contributed by atoms with Crippen molar-refractivity contribution in [1.82, 2.24) is 0 Å². The zero-order chi connectivity index (χ0) is 7.61. The van der Waals surface area contributed by atoms with E-state index in [0.717, 1.165) is 5.25 Å². The summed E-state index contributed by atoms with van der Waals surface area (Å²) in [5.41, 5.74) is 0. The first-order chi connectivity index (χ1) is 4.75. The van der Waals surface area contributed by atoms with Crippen LogP contribution in [0.2, 0.25) is 0 Å². The fraction of sp³-hybridized carbons (Fsp3) is 1.00. The van der Waals surface area contributed by atoms with Crippen LogP contribution in [0.5, 0.6) is 0 Å². The lowest BCUT2D eigenvalue weighted by atomic mass is 10.3. The summed E-state index contributed by atoms with van der Waals surface area (Å²) in [7, 11) is -0.116. The van der Waals surface area contributed by atoms with Crippen molar-refractivity contribution in [2.45, 2.75) is 38.9 Å². The van der Waals surface area contributed by atoms with E-state index in [0.29, 0.717) is 0 Å². The first-order valence-electron chi connectivity index (χ1n) is 4.50. The SMILES string of the molecule is CCS1(CC)CCC[C@H]1C. The van der Waals surface area contributed by atoms with E-state index in [4.69, 9.17) is 0 Å². The lowest BCUT2D eigenvalue weighted by molar-refractivity contribution is 0.835. The van der Waals surface area contributed by atoms with Crippen LogP contribution in [-0.2, 0) is 0 Å². The molecule has 1 saturated heterocycles. The Balaban J connectivity index is 2.61. The van der Waals surface area contributed by atoms with Crippen LogP contribution in [-0.4, -0.2) is 22.5 Å². The summed E-state index contributed by atoms with van der Waals surface area (Å²) >= 11 is 0. The Labute approximate surface area is 66.7 Å². The monoisotopic (exact) mass is 160 g/mol. The highest BCUT2D eigenvalue weighted by Crippen LogP contribution is 2.58. The molecule has 1 heterocycles. The fourth-order valence-corrected chi connectivity index (χ4v) is 6.11. The van der Waals surface area contributed by atoms with Crippen molar-refractivity contribution in [2.24, 2.45) is 0 Å². The molecule has 62 valence electrons. The van der Waals surface area contributed by atoms with Crippen molar-refractivity contribution in [2.75, 3.05) is 17.3 Å². The third-order valence-corrected chi connectivity index (χ3v) is 8.51. The molecule has 1 atom stereocenters. The molecule has 0 aromatic rings. The first kappa shape index (κ1) is 8.45. The topological polar surface area (TPSA) is 0 Å². The highest BCUT2D eigenvalue weighted by molar-refractivity contribution is 8.34. The van der Waals surface area contributed by atoms with Gasteiger partial charge >= 0.3 is 0 Å². The molecule has 1 heteroatoms. The average molecular weight is 160 g/mol. The maximum Gasteiger partial charge on any atom is -0.0140 e. The van der Waals surface area contributed by atoms with E-state index in [1.807, 2.05) is 0 Å². The van der Waals surface area contributed by atoms with Crippen molar-refractivity contribution in [1.29, 1.82) is 0 Å². The quantitative estimate of drug-likeness (QED) is 0.582. The number of hydrogen-bond donors (Lipinski definition) is 0. The smallest absolute Gasteiger partial charge is 0.0140 e. The predicted octanol–water partition coefficient (Wildman–Crippen LogP) is 3.01. The van der Waals surface area contributed by atoms with Crippen molar-refractivity contribution in [3.05, 3.63) is 0 Å². The van der Waals surface area contributed by atoms with Crippen LogP contribution in [0.4, 0.5) is 0 Å². The lowest BCUT2D eigenvalue weighted by Gasteiger charge is -2.38. The largest absolute Gasteiger partial charge is 0.239 e. The second-order valence-corrected chi connectivity index (χ2v) is 7.94. The maximum atomic E-state index is 2.47. The van der Waals surface area contributed by atoms with E-state index in [9.17, 15) is 0 Å². The second-order valence-electron chi connectivity index (χ2n) is 3.35. The summed E-state index contributed by atoms with van der Waals surface area (Å²) in [6.45, 7) is 7.25. The molecule has 0 unspecified atom stereocenters. The summed E-state index contributed by atoms with van der Waals surface area (Å²) in [5, 5.41) is 1.07. The van der Waals surface area contributed by atoms with Gasteiger partial charge in [-0.05, 0) is 35.4 Å². The zero-order valence-electron chi connectivity index (χ0n) is 7.52. The van der Waals surface area contributed by atoms with E-state index in [1.54, 1.807) is 5.75 Å². The molecule has 0 aliphatic carbocycles. The van der Waals surface area contributed by atoms with Crippen LogP contribution < -0.4 is 0 Å². The summed E-state index contributed by atoms with van der Waals surface area (Å²) in [5.74, 6) is 4.52. The van der Waals surface area contributed by atoms with Crippen LogP contribution in [0, 0.1) is 0 Å². The Kier molecular flexibility index (Phi) is 2.67. The highest BCUT2D eigenvalue weighted by Gasteiger charge is 2.31. The van der Waals surface area contributed by atoms with Gasteiger partial charge < -0.3 is 0 Å². The lowest BCUT2D eigenvalue weighted by Crippen LogP contribution is -2.14. The standard InChI is InChI=1S/C9H20S/c1-4-10(5-2)8-6-7-9(10)3/h9H,4-8H2,1-3H3/t9-/m1/s1. The van der Waals surface area contributed by atoms with Gasteiger partial charge in [0, 0.05) is 0 Å². The minimum Gasteiger partial charge on any atom is -0.239 e. The average Bonchev–Trinajstić information content (AvgIpc) is 2.32. The molecule has 1 aliphatic heterocycles. The van der Waals surface area contributed by atoms with E-state index in [1.165, 1.54) is 24.3 Å². The van der Waals surface area contributed by atoms with Crippen LogP contribution in [0.3, 0.4) is 0 Å². The van der Waals surface area contributed by atoms with Gasteiger partial charge in [0.2, 0.25) is 0 Å². The summed E-state index contributed by atoms with van der Waals surface area (Å²) in [4.78, 5) is 0. The van der Waals surface area contributed by atoms with Gasteiger partial charge in [0.05, 0.1) is 0 Å². The van der Waals surface area contributed by atoms with E-state index >= 15 is 0 Å². The second kappa shape index (κ2) is 3.17. The van der Waals surface area contributed by atoms with Crippen molar-refractivity contribution in [3.63, 3.8) is 0 Å². The van der Waals surface area contributed by atoms with Gasteiger partial charge in [-0.3, -0.25) is 0 Å². The van der Waals surface area contributed by atoms with Gasteiger partial charge in [0.25, 0.3) is 0 Å². The molecule has 0 N–H and O–H groups in total. The molecule has 1 rings (SSSR count). The van der Waals surface area contributed by atoms with Gasteiger partial charge in [-0.25, -0.2) is 10.0 Å². The predicted molar refractivity (Wildman–Crippen MR) is 52.2 cm³/mol. The van der Waals surface area contributed by atoms with Crippen molar-refractivity contribution in [3.8, 4) is 0 Å². The molecule has 0 amide bonds. The summed E-state index contributed by atoms with van der Waals surface area (Å²) in [6, 6.07) is 0. The van der Waals surface area contributed by atoms with Gasteiger partial charge in [-0.2, -0.15) is 0 Å². The van der Waals surface area contributed by atoms with Crippen LogP contribution in [0.25, 0.3) is 0 Å². The maximum absolute atomic E-state index is 2.47. The van der Waals surface area contributed by atoms with Gasteiger partial charge in [-0.1, -0.05) is 20.8 Å². The highest BCUT2D eigenvalue weighted by atomic mass is 32.3. The fourth-order valence-electron chi connectivity index (χ4n) is 2.17. The Morgan fingerprint density at radius 3 is 2.10 bits per heavy atom. The molecule has 0 bridgehead atoms. The first-order valence-corrected chi connectivity index (χ1v) is 6.70. The molecule has 0 aromatic heterocycles. The zero-order valence-corrected chi connectivity index (χ0v) is 8.34. The van der Waals surface area contributed by atoms with Crippen LogP contribution in [0.1, 0.15) is 33.6 Å². The third kappa shape index (κ3) is 1.20. The number of hydrogen-bond acceptors (Lipinski definition) is 0. The molecular weight excluding hydrogens is 140 g/mol. The molecule has 1 fully saturated rings. The van der Waals surface area contributed by atoms with Gasteiger partial charge in [-0.15, -0.1) is 0 Å². The van der Waals surface area contributed by atoms with Crippen molar-refractivity contribution < 1.29 is 0 Å². The third-order valence-electron chi connectivity index (χ3n) is 3.16. The molecule has 0 aromatic carbocycles. The van der Waals surface area contributed by atoms with E-state index in [-0.39, 0.29) is 10.0 Å². The molecule has 10 heavy (non-hydrogen) atoms. The van der Waals surface area contributed by atoms with E-state index in [2.05, 4.69) is 20.8 Å². The molecule has 1 aliphatic rings. The Morgan fingerprint density at radius 1 is 1.30 bits per heavy atom.